The molecule has 7 heteroatoms. The van der Waals surface area contributed by atoms with Crippen molar-refractivity contribution in [1.29, 1.82) is 0 Å². The van der Waals surface area contributed by atoms with Crippen molar-refractivity contribution in [1.82, 2.24) is 10.7 Å². The minimum Gasteiger partial charge on any atom is -0.350 e. The van der Waals surface area contributed by atoms with Crippen molar-refractivity contribution in [2.45, 2.75) is 11.7 Å². The maximum Gasteiger partial charge on any atom is 0.268 e. The lowest BCUT2D eigenvalue weighted by Crippen LogP contribution is -2.37. The summed E-state index contributed by atoms with van der Waals surface area (Å²) in [5.74, 6) is 2.98. The van der Waals surface area contributed by atoms with Crippen LogP contribution in [0.4, 0.5) is 0 Å². The van der Waals surface area contributed by atoms with Crippen LogP contribution in [0, 0.1) is 0 Å². The molecular weight excluding hydrogens is 246 g/mol. The monoisotopic (exact) mass is 259 g/mol. The Labute approximate surface area is 102 Å². The van der Waals surface area contributed by atoms with Gasteiger partial charge in [0.05, 0.1) is 6.42 Å². The lowest BCUT2D eigenvalue weighted by atomic mass is 10.2. The number of rotatable bonds is 3. The second kappa shape index (κ2) is 5.58. The van der Waals surface area contributed by atoms with E-state index in [2.05, 4.69) is 15.8 Å². The Hall–Kier alpha value is -0.690. The quantitative estimate of drug-likeness (QED) is 0.738. The molecule has 2 aliphatic heterocycles. The van der Waals surface area contributed by atoms with Crippen LogP contribution in [0.1, 0.15) is 6.42 Å². The van der Waals surface area contributed by atoms with Crippen molar-refractivity contribution in [2.75, 3.05) is 23.8 Å². The van der Waals surface area contributed by atoms with Crippen LogP contribution in [-0.2, 0) is 9.59 Å². The summed E-state index contributed by atoms with van der Waals surface area (Å²) in [6.07, 6.45) is 0.0956. The highest BCUT2D eigenvalue weighted by atomic mass is 32.2. The zero-order valence-electron chi connectivity index (χ0n) is 8.69. The molecule has 0 radical (unpaired) electrons. The van der Waals surface area contributed by atoms with Gasteiger partial charge in [0.2, 0.25) is 5.91 Å². The zero-order valence-corrected chi connectivity index (χ0v) is 10.3. The van der Waals surface area contributed by atoms with Gasteiger partial charge in [-0.05, 0) is 0 Å². The van der Waals surface area contributed by atoms with E-state index in [-0.39, 0.29) is 18.2 Å². The Balaban J connectivity index is 1.73. The molecule has 1 atom stereocenters. The lowest BCUT2D eigenvalue weighted by molar-refractivity contribution is -0.120. The van der Waals surface area contributed by atoms with Crippen molar-refractivity contribution < 1.29 is 9.59 Å². The molecule has 2 heterocycles. The Morgan fingerprint density at radius 2 is 2.44 bits per heavy atom. The van der Waals surface area contributed by atoms with Crippen molar-refractivity contribution in [2.24, 2.45) is 5.10 Å². The van der Waals surface area contributed by atoms with E-state index >= 15 is 0 Å². The van der Waals surface area contributed by atoms with E-state index in [1.54, 1.807) is 0 Å². The van der Waals surface area contributed by atoms with Gasteiger partial charge >= 0.3 is 0 Å². The predicted molar refractivity (Wildman–Crippen MR) is 66.8 cm³/mol. The number of amides is 2. The van der Waals surface area contributed by atoms with Crippen molar-refractivity contribution in [3.8, 4) is 0 Å². The molecule has 2 amide bonds. The number of nitrogens with one attached hydrogen (secondary N) is 2. The standard InChI is InChI=1S/C9H13N3O2S2/c13-8-3-7(11-12-8)9(14)10-4-6-5-15-1-2-16-6/h6H,1-5H2,(H,10,14)(H,12,13). The first kappa shape index (κ1) is 11.8. The fraction of sp³-hybridized carbons (Fsp3) is 0.667. The second-order valence-corrected chi connectivity index (χ2v) is 6.11. The van der Waals surface area contributed by atoms with Gasteiger partial charge in [0, 0.05) is 29.1 Å². The van der Waals surface area contributed by atoms with E-state index in [1.807, 2.05) is 23.5 Å². The topological polar surface area (TPSA) is 70.6 Å². The third-order valence-corrected chi connectivity index (χ3v) is 5.13. The summed E-state index contributed by atoms with van der Waals surface area (Å²) >= 11 is 3.81. The van der Waals surface area contributed by atoms with Gasteiger partial charge in [0.1, 0.15) is 5.71 Å². The molecule has 1 unspecified atom stereocenters. The number of carbonyl (C=O) groups is 2. The lowest BCUT2D eigenvalue weighted by Gasteiger charge is -2.20. The Kier molecular flexibility index (Phi) is 4.11. The highest BCUT2D eigenvalue weighted by molar-refractivity contribution is 8.06. The summed E-state index contributed by atoms with van der Waals surface area (Å²) in [4.78, 5) is 22.4. The molecule has 16 heavy (non-hydrogen) atoms. The number of hydrazone groups is 1. The van der Waals surface area contributed by atoms with Crippen molar-refractivity contribution >= 4 is 41.0 Å². The fourth-order valence-corrected chi connectivity index (χ4v) is 4.07. The molecule has 88 valence electrons. The molecule has 5 nitrogen and oxygen atoms in total. The van der Waals surface area contributed by atoms with E-state index < -0.39 is 0 Å². The number of hydrogen-bond donors (Lipinski definition) is 2. The minimum absolute atomic E-state index is 0.0956. The van der Waals surface area contributed by atoms with Gasteiger partial charge in [-0.25, -0.2) is 5.43 Å². The summed E-state index contributed by atoms with van der Waals surface area (Å²) < 4.78 is 0. The van der Waals surface area contributed by atoms with Gasteiger partial charge < -0.3 is 5.32 Å². The van der Waals surface area contributed by atoms with Gasteiger partial charge in [-0.2, -0.15) is 28.6 Å². The Bertz CT molecular complexity index is 327. The van der Waals surface area contributed by atoms with Gasteiger partial charge in [0.25, 0.3) is 5.91 Å². The number of thioether (sulfide) groups is 2. The van der Waals surface area contributed by atoms with Crippen LogP contribution in [0.25, 0.3) is 0 Å². The van der Waals surface area contributed by atoms with Crippen LogP contribution in [-0.4, -0.2) is 46.6 Å². The first-order valence-electron chi connectivity index (χ1n) is 5.08. The molecule has 0 aromatic heterocycles. The van der Waals surface area contributed by atoms with E-state index in [0.717, 1.165) is 11.5 Å². The third-order valence-electron chi connectivity index (χ3n) is 2.28. The molecule has 0 bridgehead atoms. The van der Waals surface area contributed by atoms with Crippen molar-refractivity contribution in [3.05, 3.63) is 0 Å². The van der Waals surface area contributed by atoms with Crippen LogP contribution in [0.15, 0.2) is 5.10 Å². The molecule has 0 aromatic carbocycles. The molecule has 2 aliphatic rings. The molecule has 0 aliphatic carbocycles. The Morgan fingerprint density at radius 3 is 3.06 bits per heavy atom. The van der Waals surface area contributed by atoms with E-state index in [1.165, 1.54) is 5.75 Å². The first-order valence-corrected chi connectivity index (χ1v) is 7.29. The minimum atomic E-state index is -0.227. The first-order chi connectivity index (χ1) is 7.75. The van der Waals surface area contributed by atoms with Gasteiger partial charge in [-0.15, -0.1) is 0 Å². The molecule has 0 aromatic rings. The van der Waals surface area contributed by atoms with Crippen LogP contribution < -0.4 is 10.7 Å². The summed E-state index contributed by atoms with van der Waals surface area (Å²) in [5, 5.41) is 6.97. The molecule has 2 rings (SSSR count). The molecular formula is C9H13N3O2S2. The fourth-order valence-electron chi connectivity index (χ4n) is 1.46. The van der Waals surface area contributed by atoms with E-state index in [4.69, 9.17) is 0 Å². The normalized spacial score (nSPS) is 24.9. The highest BCUT2D eigenvalue weighted by Crippen LogP contribution is 2.23. The number of carbonyl (C=O) groups excluding carboxylic acids is 2. The van der Waals surface area contributed by atoms with E-state index in [9.17, 15) is 9.59 Å². The average molecular weight is 259 g/mol. The van der Waals surface area contributed by atoms with Crippen LogP contribution in [0.2, 0.25) is 0 Å². The number of nitrogens with zero attached hydrogens (tertiary/aromatic N) is 1. The largest absolute Gasteiger partial charge is 0.350 e. The summed E-state index contributed by atoms with van der Waals surface area (Å²) in [6, 6.07) is 0. The molecule has 1 saturated heterocycles. The van der Waals surface area contributed by atoms with Crippen LogP contribution >= 0.6 is 23.5 Å². The molecule has 2 N–H and O–H groups in total. The maximum absolute atomic E-state index is 11.6. The summed E-state index contributed by atoms with van der Waals surface area (Å²) in [6.45, 7) is 0.656. The zero-order chi connectivity index (χ0) is 11.4. The predicted octanol–water partition coefficient (Wildman–Crippen LogP) is -0.173. The highest BCUT2D eigenvalue weighted by Gasteiger charge is 2.22. The summed E-state index contributed by atoms with van der Waals surface area (Å²) in [5.41, 5.74) is 2.56. The number of hydrogen-bond acceptors (Lipinski definition) is 5. The second-order valence-electron chi connectivity index (χ2n) is 3.55. The van der Waals surface area contributed by atoms with Gasteiger partial charge in [0.15, 0.2) is 0 Å². The molecule has 1 fully saturated rings. The third kappa shape index (κ3) is 3.15. The van der Waals surface area contributed by atoms with E-state index in [0.29, 0.717) is 17.5 Å². The maximum atomic E-state index is 11.6. The van der Waals surface area contributed by atoms with Gasteiger partial charge in [-0.1, -0.05) is 0 Å². The molecule has 0 spiro atoms. The van der Waals surface area contributed by atoms with Gasteiger partial charge in [-0.3, -0.25) is 9.59 Å². The smallest absolute Gasteiger partial charge is 0.268 e. The van der Waals surface area contributed by atoms with Crippen LogP contribution in [0.5, 0.6) is 0 Å². The van der Waals surface area contributed by atoms with Crippen LogP contribution in [0.3, 0.4) is 0 Å². The summed E-state index contributed by atoms with van der Waals surface area (Å²) in [7, 11) is 0. The Morgan fingerprint density at radius 1 is 1.56 bits per heavy atom. The van der Waals surface area contributed by atoms with Crippen molar-refractivity contribution in [3.63, 3.8) is 0 Å². The molecule has 0 saturated carbocycles. The average Bonchev–Trinajstić information content (AvgIpc) is 2.74. The SMILES string of the molecule is O=C1CC(C(=O)NCC2CSCCS2)=NN1.